The Morgan fingerprint density at radius 1 is 1.23 bits per heavy atom. The third-order valence-corrected chi connectivity index (χ3v) is 4.71. The van der Waals surface area contributed by atoms with Crippen molar-refractivity contribution < 1.29 is 18.0 Å². The minimum Gasteiger partial charge on any atom is -0.350 e. The lowest BCUT2D eigenvalue weighted by Crippen LogP contribution is -2.28. The SMILES string of the molecule is Cc1cc(-c2cccs2)nn1CCNC(=O)c1cccc(C(F)(F)F)c1. The third-order valence-electron chi connectivity index (χ3n) is 3.82. The molecule has 0 radical (unpaired) electrons. The molecule has 26 heavy (non-hydrogen) atoms. The third kappa shape index (κ3) is 4.13. The van der Waals surface area contributed by atoms with E-state index in [4.69, 9.17) is 0 Å². The van der Waals surface area contributed by atoms with Crippen LogP contribution in [0.1, 0.15) is 21.6 Å². The van der Waals surface area contributed by atoms with Crippen molar-refractivity contribution in [3.63, 3.8) is 0 Å². The van der Waals surface area contributed by atoms with E-state index in [1.807, 2.05) is 30.5 Å². The van der Waals surface area contributed by atoms with Gasteiger partial charge >= 0.3 is 6.18 Å². The molecule has 0 aliphatic rings. The Bertz CT molecular complexity index is 901. The Labute approximate surface area is 152 Å². The van der Waals surface area contributed by atoms with Gasteiger partial charge in [0.15, 0.2) is 0 Å². The van der Waals surface area contributed by atoms with E-state index in [-0.39, 0.29) is 12.1 Å². The highest BCUT2D eigenvalue weighted by molar-refractivity contribution is 7.13. The molecule has 2 heterocycles. The van der Waals surface area contributed by atoms with Gasteiger partial charge in [0.1, 0.15) is 5.69 Å². The summed E-state index contributed by atoms with van der Waals surface area (Å²) in [6, 6.07) is 10.3. The first-order chi connectivity index (χ1) is 12.3. The first-order valence-electron chi connectivity index (χ1n) is 7.88. The number of aromatic nitrogens is 2. The lowest BCUT2D eigenvalue weighted by molar-refractivity contribution is -0.137. The van der Waals surface area contributed by atoms with E-state index in [2.05, 4.69) is 10.4 Å². The van der Waals surface area contributed by atoms with Crippen LogP contribution < -0.4 is 5.32 Å². The topological polar surface area (TPSA) is 46.9 Å². The summed E-state index contributed by atoms with van der Waals surface area (Å²) in [5.74, 6) is -0.542. The molecule has 3 rings (SSSR count). The van der Waals surface area contributed by atoms with Crippen molar-refractivity contribution in [1.29, 1.82) is 0 Å². The highest BCUT2D eigenvalue weighted by Gasteiger charge is 2.30. The number of alkyl halides is 3. The lowest BCUT2D eigenvalue weighted by atomic mass is 10.1. The Balaban J connectivity index is 1.61. The van der Waals surface area contributed by atoms with Crippen LogP contribution in [0.5, 0.6) is 0 Å². The lowest BCUT2D eigenvalue weighted by Gasteiger charge is -2.10. The monoisotopic (exact) mass is 379 g/mol. The smallest absolute Gasteiger partial charge is 0.350 e. The van der Waals surface area contributed by atoms with Crippen LogP contribution in [0.3, 0.4) is 0 Å². The molecule has 1 N–H and O–H groups in total. The number of benzene rings is 1. The molecule has 3 aromatic rings. The molecule has 0 saturated heterocycles. The molecular weight excluding hydrogens is 363 g/mol. The fraction of sp³-hybridized carbons (Fsp3) is 0.222. The van der Waals surface area contributed by atoms with E-state index in [1.165, 1.54) is 12.1 Å². The highest BCUT2D eigenvalue weighted by Crippen LogP contribution is 2.29. The molecule has 1 amide bonds. The second-order valence-corrected chi connectivity index (χ2v) is 6.65. The van der Waals surface area contributed by atoms with Crippen molar-refractivity contribution in [2.45, 2.75) is 19.6 Å². The van der Waals surface area contributed by atoms with Crippen LogP contribution in [0, 0.1) is 6.92 Å². The van der Waals surface area contributed by atoms with Crippen LogP contribution in [0.4, 0.5) is 13.2 Å². The molecule has 8 heteroatoms. The Hall–Kier alpha value is -2.61. The fourth-order valence-corrected chi connectivity index (χ4v) is 3.18. The number of hydrogen-bond donors (Lipinski definition) is 1. The highest BCUT2D eigenvalue weighted by atomic mass is 32.1. The van der Waals surface area contributed by atoms with Crippen LogP contribution in [-0.2, 0) is 12.7 Å². The molecule has 0 fully saturated rings. The molecule has 0 spiro atoms. The number of amides is 1. The van der Waals surface area contributed by atoms with Gasteiger partial charge in [-0.15, -0.1) is 11.3 Å². The van der Waals surface area contributed by atoms with E-state index in [0.717, 1.165) is 28.4 Å². The van der Waals surface area contributed by atoms with Crippen molar-refractivity contribution >= 4 is 17.2 Å². The number of thiophene rings is 1. The summed E-state index contributed by atoms with van der Waals surface area (Å²) in [5.41, 5.74) is 0.952. The number of aryl methyl sites for hydroxylation is 1. The number of nitrogens with zero attached hydrogens (tertiary/aromatic N) is 2. The van der Waals surface area contributed by atoms with Gasteiger partial charge in [-0.25, -0.2) is 0 Å². The van der Waals surface area contributed by atoms with Gasteiger partial charge < -0.3 is 5.32 Å². The molecular formula is C18H16F3N3OS. The average Bonchev–Trinajstić information content (AvgIpc) is 3.24. The molecule has 0 unspecified atom stereocenters. The van der Waals surface area contributed by atoms with Gasteiger partial charge in [0.05, 0.1) is 17.0 Å². The average molecular weight is 379 g/mol. The van der Waals surface area contributed by atoms with Gasteiger partial charge in [-0.3, -0.25) is 9.48 Å². The number of hydrogen-bond acceptors (Lipinski definition) is 3. The first kappa shape index (κ1) is 18.2. The molecule has 0 aliphatic carbocycles. The zero-order valence-electron chi connectivity index (χ0n) is 13.9. The maximum Gasteiger partial charge on any atom is 0.416 e. The molecule has 0 atom stereocenters. The Morgan fingerprint density at radius 2 is 2.04 bits per heavy atom. The van der Waals surface area contributed by atoms with E-state index < -0.39 is 17.6 Å². The summed E-state index contributed by atoms with van der Waals surface area (Å²) < 4.78 is 39.9. The predicted octanol–water partition coefficient (Wildman–Crippen LogP) is 4.37. The molecule has 0 bridgehead atoms. The van der Waals surface area contributed by atoms with Crippen LogP contribution in [0.15, 0.2) is 47.8 Å². The molecule has 0 saturated carbocycles. The first-order valence-corrected chi connectivity index (χ1v) is 8.76. The van der Waals surface area contributed by atoms with Crippen molar-refractivity contribution in [1.82, 2.24) is 15.1 Å². The molecule has 136 valence electrons. The zero-order chi connectivity index (χ0) is 18.7. The summed E-state index contributed by atoms with van der Waals surface area (Å²) in [6.45, 7) is 2.61. The number of rotatable bonds is 5. The second kappa shape index (κ2) is 7.33. The van der Waals surface area contributed by atoms with Crippen LogP contribution >= 0.6 is 11.3 Å². The molecule has 4 nitrogen and oxygen atoms in total. The van der Waals surface area contributed by atoms with Gasteiger partial charge in [-0.05, 0) is 42.6 Å². The van der Waals surface area contributed by atoms with E-state index in [0.29, 0.717) is 6.54 Å². The largest absolute Gasteiger partial charge is 0.416 e. The summed E-state index contributed by atoms with van der Waals surface area (Å²) in [4.78, 5) is 13.1. The Kier molecular flexibility index (Phi) is 5.13. The van der Waals surface area contributed by atoms with E-state index >= 15 is 0 Å². The number of carbonyl (C=O) groups is 1. The van der Waals surface area contributed by atoms with Gasteiger partial charge in [0.2, 0.25) is 0 Å². The fourth-order valence-electron chi connectivity index (χ4n) is 2.50. The van der Waals surface area contributed by atoms with Gasteiger partial charge in [0, 0.05) is 17.8 Å². The van der Waals surface area contributed by atoms with Gasteiger partial charge in [0.25, 0.3) is 5.91 Å². The minimum atomic E-state index is -4.47. The minimum absolute atomic E-state index is 0.0173. The standard InChI is InChI=1S/C18H16F3N3OS/c1-12-10-15(16-6-3-9-26-16)23-24(12)8-7-22-17(25)13-4-2-5-14(11-13)18(19,20)21/h2-6,9-11H,7-8H2,1H3,(H,22,25). The summed E-state index contributed by atoms with van der Waals surface area (Å²) in [5, 5.41) is 9.10. The zero-order valence-corrected chi connectivity index (χ0v) is 14.7. The quantitative estimate of drug-likeness (QED) is 0.716. The normalized spacial score (nSPS) is 11.5. The number of halogens is 3. The van der Waals surface area contributed by atoms with Gasteiger partial charge in [-0.2, -0.15) is 18.3 Å². The van der Waals surface area contributed by atoms with Crippen molar-refractivity contribution in [2.75, 3.05) is 6.54 Å². The van der Waals surface area contributed by atoms with Crippen molar-refractivity contribution in [2.24, 2.45) is 0 Å². The van der Waals surface area contributed by atoms with Crippen molar-refractivity contribution in [3.05, 3.63) is 64.7 Å². The Morgan fingerprint density at radius 3 is 2.73 bits per heavy atom. The summed E-state index contributed by atoms with van der Waals surface area (Å²) in [7, 11) is 0. The summed E-state index contributed by atoms with van der Waals surface area (Å²) >= 11 is 1.59. The predicted molar refractivity (Wildman–Crippen MR) is 94.1 cm³/mol. The van der Waals surface area contributed by atoms with Crippen molar-refractivity contribution in [3.8, 4) is 10.6 Å². The van der Waals surface area contributed by atoms with Crippen LogP contribution in [-0.4, -0.2) is 22.2 Å². The van der Waals surface area contributed by atoms with E-state index in [1.54, 1.807) is 16.0 Å². The number of nitrogens with one attached hydrogen (secondary N) is 1. The maximum absolute atomic E-state index is 12.7. The second-order valence-electron chi connectivity index (χ2n) is 5.71. The van der Waals surface area contributed by atoms with E-state index in [9.17, 15) is 18.0 Å². The molecule has 1 aromatic carbocycles. The molecule has 2 aromatic heterocycles. The maximum atomic E-state index is 12.7. The van der Waals surface area contributed by atoms with Crippen LogP contribution in [0.2, 0.25) is 0 Å². The van der Waals surface area contributed by atoms with Crippen LogP contribution in [0.25, 0.3) is 10.6 Å². The summed E-state index contributed by atoms with van der Waals surface area (Å²) in [6.07, 6.45) is -4.47. The molecule has 0 aliphatic heterocycles. The van der Waals surface area contributed by atoms with Gasteiger partial charge in [-0.1, -0.05) is 12.1 Å². The number of carbonyl (C=O) groups excluding carboxylic acids is 1.